The molecule has 96 valence electrons. The van der Waals surface area contributed by atoms with Gasteiger partial charge in [-0.3, -0.25) is 0 Å². The predicted molar refractivity (Wildman–Crippen MR) is 68.1 cm³/mol. The maximum absolute atomic E-state index is 13.7. The number of hydrogen-bond donors (Lipinski definition) is 2. The maximum Gasteiger partial charge on any atom is 0.129 e. The van der Waals surface area contributed by atoms with Crippen molar-refractivity contribution in [3.63, 3.8) is 0 Å². The van der Waals surface area contributed by atoms with Gasteiger partial charge in [0.2, 0.25) is 0 Å². The fourth-order valence-electron chi connectivity index (χ4n) is 2.10. The van der Waals surface area contributed by atoms with E-state index in [1.165, 1.54) is 6.07 Å². The number of halogens is 1. The van der Waals surface area contributed by atoms with E-state index in [0.717, 1.165) is 12.0 Å². The second-order valence-corrected chi connectivity index (χ2v) is 5.10. The molecule has 0 saturated heterocycles. The van der Waals surface area contributed by atoms with Crippen molar-refractivity contribution in [2.45, 2.75) is 33.3 Å². The minimum absolute atomic E-state index is 0.0914. The molecule has 1 aromatic rings. The van der Waals surface area contributed by atoms with Crippen LogP contribution in [-0.4, -0.2) is 11.7 Å². The van der Waals surface area contributed by atoms with Gasteiger partial charge in [-0.05, 0) is 31.9 Å². The molecule has 0 spiro atoms. The SMILES string of the molecule is Cc1ccc(F)c(C(O)C(CN)CC(C)C)c1. The second kappa shape index (κ2) is 6.12. The van der Waals surface area contributed by atoms with Gasteiger partial charge in [0.25, 0.3) is 0 Å². The van der Waals surface area contributed by atoms with E-state index in [0.29, 0.717) is 18.0 Å². The van der Waals surface area contributed by atoms with Gasteiger partial charge in [0.1, 0.15) is 5.82 Å². The molecule has 1 rings (SSSR count). The van der Waals surface area contributed by atoms with Crippen LogP contribution < -0.4 is 5.73 Å². The van der Waals surface area contributed by atoms with Gasteiger partial charge in [-0.2, -0.15) is 0 Å². The summed E-state index contributed by atoms with van der Waals surface area (Å²) in [5.41, 5.74) is 6.97. The maximum atomic E-state index is 13.7. The minimum atomic E-state index is -0.817. The zero-order valence-corrected chi connectivity index (χ0v) is 10.8. The van der Waals surface area contributed by atoms with Crippen molar-refractivity contribution in [1.29, 1.82) is 0 Å². The minimum Gasteiger partial charge on any atom is -0.388 e. The van der Waals surface area contributed by atoms with E-state index in [9.17, 15) is 9.50 Å². The molecule has 0 aromatic heterocycles. The molecule has 3 N–H and O–H groups in total. The van der Waals surface area contributed by atoms with Crippen LogP contribution in [0.5, 0.6) is 0 Å². The zero-order valence-electron chi connectivity index (χ0n) is 10.8. The smallest absolute Gasteiger partial charge is 0.129 e. The topological polar surface area (TPSA) is 46.2 Å². The lowest BCUT2D eigenvalue weighted by atomic mass is 9.88. The molecule has 2 unspecified atom stereocenters. The lowest BCUT2D eigenvalue weighted by molar-refractivity contribution is 0.0959. The van der Waals surface area contributed by atoms with Gasteiger partial charge in [-0.25, -0.2) is 4.39 Å². The van der Waals surface area contributed by atoms with Crippen LogP contribution in [0.3, 0.4) is 0 Å². The summed E-state index contributed by atoms with van der Waals surface area (Å²) in [5.74, 6) is -0.0114. The van der Waals surface area contributed by atoms with Gasteiger partial charge in [0.05, 0.1) is 6.10 Å². The first kappa shape index (κ1) is 14.1. The van der Waals surface area contributed by atoms with Crippen LogP contribution in [0.25, 0.3) is 0 Å². The van der Waals surface area contributed by atoms with Crippen molar-refractivity contribution in [3.8, 4) is 0 Å². The van der Waals surface area contributed by atoms with Crippen molar-refractivity contribution >= 4 is 0 Å². The Balaban J connectivity index is 2.92. The molecule has 3 heteroatoms. The number of hydrogen-bond acceptors (Lipinski definition) is 2. The summed E-state index contributed by atoms with van der Waals surface area (Å²) in [4.78, 5) is 0. The first-order valence-electron chi connectivity index (χ1n) is 6.09. The lowest BCUT2D eigenvalue weighted by Crippen LogP contribution is -2.24. The van der Waals surface area contributed by atoms with Crippen molar-refractivity contribution in [3.05, 3.63) is 35.1 Å². The van der Waals surface area contributed by atoms with Gasteiger partial charge in [0, 0.05) is 11.5 Å². The van der Waals surface area contributed by atoms with E-state index in [1.54, 1.807) is 12.1 Å². The summed E-state index contributed by atoms with van der Waals surface area (Å²) in [6, 6.07) is 4.80. The third-order valence-electron chi connectivity index (χ3n) is 2.99. The van der Waals surface area contributed by atoms with Crippen LogP contribution >= 0.6 is 0 Å². The van der Waals surface area contributed by atoms with Crippen LogP contribution in [0.1, 0.15) is 37.5 Å². The molecule has 2 atom stereocenters. The molecule has 0 radical (unpaired) electrons. The number of nitrogens with two attached hydrogens (primary N) is 1. The zero-order chi connectivity index (χ0) is 13.0. The summed E-state index contributed by atoms with van der Waals surface area (Å²) >= 11 is 0. The molecule has 1 aromatic carbocycles. The number of rotatable bonds is 5. The number of benzene rings is 1. The molecule has 0 fully saturated rings. The van der Waals surface area contributed by atoms with E-state index < -0.39 is 6.10 Å². The van der Waals surface area contributed by atoms with E-state index in [1.807, 2.05) is 6.92 Å². The van der Waals surface area contributed by atoms with E-state index in [4.69, 9.17) is 5.73 Å². The van der Waals surface area contributed by atoms with Crippen molar-refractivity contribution in [1.82, 2.24) is 0 Å². The number of aryl methyl sites for hydroxylation is 1. The highest BCUT2D eigenvalue weighted by atomic mass is 19.1. The van der Waals surface area contributed by atoms with Gasteiger partial charge < -0.3 is 10.8 Å². The summed E-state index contributed by atoms with van der Waals surface area (Å²) in [6.45, 7) is 6.40. The largest absolute Gasteiger partial charge is 0.388 e. The molecule has 0 bridgehead atoms. The number of aliphatic hydroxyl groups is 1. The Morgan fingerprint density at radius 3 is 2.53 bits per heavy atom. The fourth-order valence-corrected chi connectivity index (χ4v) is 2.10. The van der Waals surface area contributed by atoms with Crippen LogP contribution in [-0.2, 0) is 0 Å². The average Bonchev–Trinajstić information content (AvgIpc) is 2.28. The highest BCUT2D eigenvalue weighted by Gasteiger charge is 2.23. The first-order valence-corrected chi connectivity index (χ1v) is 6.09. The Bertz CT molecular complexity index is 365. The standard InChI is InChI=1S/C14H22FNO/c1-9(2)6-11(8-16)14(17)12-7-10(3)4-5-13(12)15/h4-5,7,9,11,14,17H,6,8,16H2,1-3H3. The summed E-state index contributed by atoms with van der Waals surface area (Å²) in [6.07, 6.45) is -0.0206. The number of aliphatic hydroxyl groups excluding tert-OH is 1. The van der Waals surface area contributed by atoms with E-state index in [2.05, 4.69) is 13.8 Å². The van der Waals surface area contributed by atoms with Crippen molar-refractivity contribution < 1.29 is 9.50 Å². The second-order valence-electron chi connectivity index (χ2n) is 5.10. The third-order valence-corrected chi connectivity index (χ3v) is 2.99. The molecule has 17 heavy (non-hydrogen) atoms. The average molecular weight is 239 g/mol. The van der Waals surface area contributed by atoms with Crippen molar-refractivity contribution in [2.24, 2.45) is 17.6 Å². The first-order chi connectivity index (χ1) is 7.95. The quantitative estimate of drug-likeness (QED) is 0.830. The van der Waals surface area contributed by atoms with Gasteiger partial charge in [0.15, 0.2) is 0 Å². The van der Waals surface area contributed by atoms with Crippen LogP contribution in [0.2, 0.25) is 0 Å². The fraction of sp³-hybridized carbons (Fsp3) is 0.571. The van der Waals surface area contributed by atoms with Gasteiger partial charge >= 0.3 is 0 Å². The Hall–Kier alpha value is -0.930. The van der Waals surface area contributed by atoms with Gasteiger partial charge in [-0.15, -0.1) is 0 Å². The molecule has 0 heterocycles. The van der Waals surface area contributed by atoms with Gasteiger partial charge in [-0.1, -0.05) is 31.5 Å². The highest BCUT2D eigenvalue weighted by Crippen LogP contribution is 2.29. The van der Waals surface area contributed by atoms with E-state index >= 15 is 0 Å². The highest BCUT2D eigenvalue weighted by molar-refractivity contribution is 5.26. The van der Waals surface area contributed by atoms with Crippen LogP contribution in [0, 0.1) is 24.6 Å². The lowest BCUT2D eigenvalue weighted by Gasteiger charge is -2.24. The normalized spacial score (nSPS) is 15.0. The summed E-state index contributed by atoms with van der Waals surface area (Å²) < 4.78 is 13.7. The Morgan fingerprint density at radius 2 is 2.00 bits per heavy atom. The molecule has 2 nitrogen and oxygen atoms in total. The Morgan fingerprint density at radius 1 is 1.35 bits per heavy atom. The molecule has 0 saturated carbocycles. The third kappa shape index (κ3) is 3.79. The Kier molecular flexibility index (Phi) is 5.09. The molecule has 0 aliphatic carbocycles. The van der Waals surface area contributed by atoms with E-state index in [-0.39, 0.29) is 11.7 Å². The predicted octanol–water partition coefficient (Wildman–Crippen LogP) is 2.79. The summed E-state index contributed by atoms with van der Waals surface area (Å²) in [7, 11) is 0. The molecular formula is C14H22FNO. The van der Waals surface area contributed by atoms with Crippen LogP contribution in [0.4, 0.5) is 4.39 Å². The molecule has 0 aliphatic heterocycles. The molecule has 0 amide bonds. The monoisotopic (exact) mass is 239 g/mol. The van der Waals surface area contributed by atoms with Crippen LogP contribution in [0.15, 0.2) is 18.2 Å². The summed E-state index contributed by atoms with van der Waals surface area (Å²) in [5, 5.41) is 10.2. The van der Waals surface area contributed by atoms with Crippen molar-refractivity contribution in [2.75, 3.05) is 6.54 Å². The molecular weight excluding hydrogens is 217 g/mol. The Labute approximate surface area is 103 Å². The molecule has 0 aliphatic rings.